The minimum atomic E-state index is 0.464. The Morgan fingerprint density at radius 3 is 1.52 bits per heavy atom. The zero-order valence-electron chi connectivity index (χ0n) is 16.0. The van der Waals surface area contributed by atoms with Crippen molar-refractivity contribution in [1.82, 2.24) is 5.32 Å². The van der Waals surface area contributed by atoms with E-state index in [0.717, 1.165) is 4.32 Å². The van der Waals surface area contributed by atoms with Crippen LogP contribution in [-0.2, 0) is 0 Å². The van der Waals surface area contributed by atoms with Crippen LogP contribution >= 0.6 is 24.0 Å². The Morgan fingerprint density at radius 2 is 1.13 bits per heavy atom. The van der Waals surface area contributed by atoms with E-state index in [1.54, 1.807) is 0 Å². The molecule has 0 aliphatic rings. The van der Waals surface area contributed by atoms with Gasteiger partial charge in [0.15, 0.2) is 0 Å². The molecular weight excluding hydrogens is 318 g/mol. The Morgan fingerprint density at radius 1 is 0.739 bits per heavy atom. The van der Waals surface area contributed by atoms with Crippen molar-refractivity contribution < 1.29 is 0 Å². The minimum absolute atomic E-state index is 0.464. The topological polar surface area (TPSA) is 12.0 Å². The molecule has 0 atom stereocenters. The van der Waals surface area contributed by atoms with E-state index in [0.29, 0.717) is 6.04 Å². The highest BCUT2D eigenvalue weighted by atomic mass is 32.2. The van der Waals surface area contributed by atoms with Gasteiger partial charge in [-0.3, -0.25) is 0 Å². The first-order chi connectivity index (χ1) is 11.2. The molecule has 0 radical (unpaired) electrons. The van der Waals surface area contributed by atoms with Gasteiger partial charge in [-0.2, -0.15) is 0 Å². The number of rotatable bonds is 16. The third-order valence-electron chi connectivity index (χ3n) is 4.14. The van der Waals surface area contributed by atoms with Crippen LogP contribution in [0.25, 0.3) is 0 Å². The molecule has 0 spiro atoms. The van der Waals surface area contributed by atoms with Gasteiger partial charge < -0.3 is 5.32 Å². The quantitative estimate of drug-likeness (QED) is 0.226. The average molecular weight is 360 g/mol. The Hall–Kier alpha value is 0.240. The van der Waals surface area contributed by atoms with E-state index in [1.807, 2.05) is 11.8 Å². The summed E-state index contributed by atoms with van der Waals surface area (Å²) in [5.41, 5.74) is 0. The van der Waals surface area contributed by atoms with Crippen molar-refractivity contribution >= 4 is 28.3 Å². The highest BCUT2D eigenvalue weighted by Gasteiger charge is 1.99. The molecule has 0 aliphatic heterocycles. The lowest BCUT2D eigenvalue weighted by Crippen LogP contribution is -2.26. The number of thioether (sulfide) groups is 1. The Balaban J connectivity index is 3.06. The zero-order chi connectivity index (χ0) is 17.2. The van der Waals surface area contributed by atoms with Crippen molar-refractivity contribution in [2.75, 3.05) is 5.75 Å². The van der Waals surface area contributed by atoms with Crippen LogP contribution < -0.4 is 5.32 Å². The van der Waals surface area contributed by atoms with E-state index in [4.69, 9.17) is 12.2 Å². The van der Waals surface area contributed by atoms with Crippen molar-refractivity contribution in [3.8, 4) is 0 Å². The van der Waals surface area contributed by atoms with Gasteiger partial charge in [-0.1, -0.05) is 114 Å². The molecule has 0 rings (SSSR count). The van der Waals surface area contributed by atoms with Gasteiger partial charge in [0, 0.05) is 11.8 Å². The fourth-order valence-corrected chi connectivity index (χ4v) is 4.08. The van der Waals surface area contributed by atoms with E-state index >= 15 is 0 Å². The normalized spacial score (nSPS) is 11.1. The van der Waals surface area contributed by atoms with Gasteiger partial charge >= 0.3 is 0 Å². The molecule has 0 amide bonds. The first kappa shape index (κ1) is 23.2. The molecule has 138 valence electrons. The van der Waals surface area contributed by atoms with E-state index < -0.39 is 0 Å². The summed E-state index contributed by atoms with van der Waals surface area (Å²) >= 11 is 7.09. The summed E-state index contributed by atoms with van der Waals surface area (Å²) < 4.78 is 0.967. The molecule has 23 heavy (non-hydrogen) atoms. The maximum absolute atomic E-state index is 5.28. The van der Waals surface area contributed by atoms with Crippen molar-refractivity contribution in [1.29, 1.82) is 0 Å². The van der Waals surface area contributed by atoms with Gasteiger partial charge in [0.2, 0.25) is 0 Å². The highest BCUT2D eigenvalue weighted by Crippen LogP contribution is 2.14. The van der Waals surface area contributed by atoms with Crippen LogP contribution in [0.4, 0.5) is 0 Å². The molecule has 1 nitrogen and oxygen atoms in total. The SMILES string of the molecule is CCCCCCCCCCCCCCCCSC(=S)NC(C)C. The van der Waals surface area contributed by atoms with Crippen molar-refractivity contribution in [3.05, 3.63) is 0 Å². The molecule has 0 saturated carbocycles. The van der Waals surface area contributed by atoms with Crippen LogP contribution in [0.1, 0.15) is 111 Å². The molecule has 0 heterocycles. The second kappa shape index (κ2) is 18.6. The molecule has 1 N–H and O–H groups in total. The third-order valence-corrected chi connectivity index (χ3v) is 5.48. The fourth-order valence-electron chi connectivity index (χ4n) is 2.74. The van der Waals surface area contributed by atoms with Crippen LogP contribution in [0.5, 0.6) is 0 Å². The summed E-state index contributed by atoms with van der Waals surface area (Å²) in [5.74, 6) is 1.18. The summed E-state index contributed by atoms with van der Waals surface area (Å²) in [6, 6.07) is 0.464. The summed E-state index contributed by atoms with van der Waals surface area (Å²) in [5, 5.41) is 3.29. The lowest BCUT2D eigenvalue weighted by molar-refractivity contribution is 0.538. The van der Waals surface area contributed by atoms with Crippen molar-refractivity contribution in [2.24, 2.45) is 0 Å². The second-order valence-electron chi connectivity index (χ2n) is 7.03. The summed E-state index contributed by atoms with van der Waals surface area (Å²) in [6.07, 6.45) is 19.9. The first-order valence-corrected chi connectivity index (χ1v) is 11.5. The van der Waals surface area contributed by atoms with Gasteiger partial charge in [0.1, 0.15) is 4.32 Å². The molecule has 0 aromatic carbocycles. The monoisotopic (exact) mass is 359 g/mol. The maximum atomic E-state index is 5.28. The Kier molecular flexibility index (Phi) is 18.8. The molecule has 3 heteroatoms. The van der Waals surface area contributed by atoms with Crippen LogP contribution in [0.15, 0.2) is 0 Å². The minimum Gasteiger partial charge on any atom is -0.369 e. The number of unbranched alkanes of at least 4 members (excludes halogenated alkanes) is 13. The number of thiocarbonyl (C=S) groups is 1. The molecule has 0 aromatic rings. The van der Waals surface area contributed by atoms with Crippen LogP contribution in [-0.4, -0.2) is 16.1 Å². The van der Waals surface area contributed by atoms with Crippen LogP contribution in [0.3, 0.4) is 0 Å². The van der Waals surface area contributed by atoms with Crippen molar-refractivity contribution in [2.45, 2.75) is 117 Å². The van der Waals surface area contributed by atoms with E-state index in [-0.39, 0.29) is 0 Å². The highest BCUT2D eigenvalue weighted by molar-refractivity contribution is 8.22. The number of nitrogens with one attached hydrogen (secondary N) is 1. The van der Waals surface area contributed by atoms with E-state index in [1.165, 1.54) is 95.6 Å². The summed E-state index contributed by atoms with van der Waals surface area (Å²) in [6.45, 7) is 6.57. The number of hydrogen-bond donors (Lipinski definition) is 1. The predicted molar refractivity (Wildman–Crippen MR) is 114 cm³/mol. The Labute approximate surface area is 156 Å². The Bertz CT molecular complexity index is 254. The standard InChI is InChI=1S/C20H41NS2/c1-4-5-6-7-8-9-10-11-12-13-14-15-16-17-18-23-20(22)21-19(2)3/h19H,4-18H2,1-3H3,(H,21,22). The van der Waals surface area contributed by atoms with E-state index in [9.17, 15) is 0 Å². The van der Waals surface area contributed by atoms with E-state index in [2.05, 4.69) is 26.1 Å². The van der Waals surface area contributed by atoms with Crippen LogP contribution in [0.2, 0.25) is 0 Å². The second-order valence-corrected chi connectivity index (χ2v) is 8.80. The predicted octanol–water partition coefficient (Wildman–Crippen LogP) is 7.48. The molecule has 0 aromatic heterocycles. The van der Waals surface area contributed by atoms with Crippen LogP contribution in [0, 0.1) is 0 Å². The van der Waals surface area contributed by atoms with Gasteiger partial charge in [0.25, 0.3) is 0 Å². The maximum Gasteiger partial charge on any atom is 0.133 e. The van der Waals surface area contributed by atoms with Crippen molar-refractivity contribution in [3.63, 3.8) is 0 Å². The largest absolute Gasteiger partial charge is 0.369 e. The van der Waals surface area contributed by atoms with Gasteiger partial charge in [-0.15, -0.1) is 0 Å². The molecule has 0 unspecified atom stereocenters. The molecule has 0 aliphatic carbocycles. The zero-order valence-corrected chi connectivity index (χ0v) is 17.6. The number of hydrogen-bond acceptors (Lipinski definition) is 2. The van der Waals surface area contributed by atoms with Gasteiger partial charge in [0.05, 0.1) is 0 Å². The van der Waals surface area contributed by atoms with Gasteiger partial charge in [-0.05, 0) is 20.3 Å². The first-order valence-electron chi connectivity index (χ1n) is 10.1. The lowest BCUT2D eigenvalue weighted by Gasteiger charge is -2.10. The molecule has 0 saturated heterocycles. The third kappa shape index (κ3) is 20.2. The summed E-state index contributed by atoms with van der Waals surface area (Å²) in [4.78, 5) is 0. The molecular formula is C20H41NS2. The summed E-state index contributed by atoms with van der Waals surface area (Å²) in [7, 11) is 0. The molecule has 0 fully saturated rings. The molecule has 0 bridgehead atoms. The fraction of sp³-hybridized carbons (Fsp3) is 0.950. The lowest BCUT2D eigenvalue weighted by atomic mass is 10.0. The average Bonchev–Trinajstić information content (AvgIpc) is 2.50. The smallest absolute Gasteiger partial charge is 0.133 e. The van der Waals surface area contributed by atoms with Gasteiger partial charge in [-0.25, -0.2) is 0 Å².